The Morgan fingerprint density at radius 1 is 1.20 bits per heavy atom. The number of hydrogen-bond donors (Lipinski definition) is 1. The van der Waals surface area contributed by atoms with E-state index in [2.05, 4.69) is 43.7 Å². The van der Waals surface area contributed by atoms with Gasteiger partial charge in [0, 0.05) is 25.1 Å². The molecule has 35 heavy (non-hydrogen) atoms. The number of rotatable bonds is 7. The Kier molecular flexibility index (Phi) is 6.21. The predicted molar refractivity (Wildman–Crippen MR) is 135 cm³/mol. The fourth-order valence-corrected chi connectivity index (χ4v) is 4.65. The van der Waals surface area contributed by atoms with Gasteiger partial charge in [-0.1, -0.05) is 48.5 Å². The molecule has 3 aromatic carbocycles. The number of nitro groups is 1. The summed E-state index contributed by atoms with van der Waals surface area (Å²) in [7, 11) is 1.78. The lowest BCUT2D eigenvalue weighted by atomic mass is 10.0. The van der Waals surface area contributed by atoms with Gasteiger partial charge in [-0.15, -0.1) is 10.2 Å². The van der Waals surface area contributed by atoms with Crippen LogP contribution in [0.25, 0.3) is 10.8 Å². The Balaban J connectivity index is 1.44. The fourth-order valence-electron chi connectivity index (χ4n) is 3.61. The number of nitro benzene ring substituents is 1. The van der Waals surface area contributed by atoms with Crippen LogP contribution in [-0.2, 0) is 13.5 Å². The Bertz CT molecular complexity index is 1630. The summed E-state index contributed by atoms with van der Waals surface area (Å²) >= 11 is 6.54. The first-order valence-electron chi connectivity index (χ1n) is 10.5. The van der Waals surface area contributed by atoms with E-state index < -0.39 is 4.92 Å². The van der Waals surface area contributed by atoms with Gasteiger partial charge in [0.05, 0.1) is 16.0 Å². The minimum Gasteiger partial charge on any atom is -0.311 e. The molecule has 1 N–H and O–H groups in total. The molecule has 0 saturated heterocycles. The zero-order valence-electron chi connectivity index (χ0n) is 18.4. The highest BCUT2D eigenvalue weighted by Crippen LogP contribution is 2.33. The molecule has 5 rings (SSSR count). The summed E-state index contributed by atoms with van der Waals surface area (Å²) in [5.41, 5.74) is 1.60. The maximum absolute atomic E-state index is 11.7. The molecule has 174 valence electrons. The molecule has 0 bridgehead atoms. The van der Waals surface area contributed by atoms with Gasteiger partial charge in [0.25, 0.3) is 5.69 Å². The van der Waals surface area contributed by atoms with Gasteiger partial charge in [0.1, 0.15) is 6.33 Å². The van der Waals surface area contributed by atoms with E-state index in [9.17, 15) is 10.1 Å². The molecule has 0 spiro atoms. The van der Waals surface area contributed by atoms with Crippen molar-refractivity contribution in [3.63, 3.8) is 0 Å². The zero-order chi connectivity index (χ0) is 24.4. The van der Waals surface area contributed by atoms with E-state index in [1.165, 1.54) is 28.7 Å². The first-order chi connectivity index (χ1) is 17.0. The van der Waals surface area contributed by atoms with Gasteiger partial charge in [0.2, 0.25) is 4.77 Å². The SMILES string of the molecule is Cn1cnnc1Sc1ccc(/C=N/n2c(Cc3cccc4ccccc34)n[nH]c2=S)cc1[N+](=O)[O-]. The summed E-state index contributed by atoms with van der Waals surface area (Å²) < 4.78 is 3.56. The Hall–Kier alpha value is -4.16. The largest absolute Gasteiger partial charge is 0.311 e. The summed E-state index contributed by atoms with van der Waals surface area (Å²) in [6, 6.07) is 19.1. The lowest BCUT2D eigenvalue weighted by molar-refractivity contribution is -0.387. The van der Waals surface area contributed by atoms with Crippen LogP contribution >= 0.6 is 24.0 Å². The average Bonchev–Trinajstić information content (AvgIpc) is 3.43. The Morgan fingerprint density at radius 2 is 2.03 bits per heavy atom. The van der Waals surface area contributed by atoms with Crippen molar-refractivity contribution in [2.75, 3.05) is 0 Å². The number of nitrogens with zero attached hydrogens (tertiary/aromatic N) is 7. The predicted octanol–water partition coefficient (Wildman–Crippen LogP) is 4.75. The fraction of sp³-hybridized carbons (Fsp3) is 0.0870. The van der Waals surface area contributed by atoms with Crippen LogP contribution in [0.1, 0.15) is 17.0 Å². The molecule has 12 heteroatoms. The number of hydrogen-bond acceptors (Lipinski definition) is 8. The highest BCUT2D eigenvalue weighted by atomic mass is 32.2. The van der Waals surface area contributed by atoms with Gasteiger partial charge < -0.3 is 4.57 Å². The molecule has 0 radical (unpaired) electrons. The molecule has 2 aromatic heterocycles. The van der Waals surface area contributed by atoms with Crippen LogP contribution in [-0.4, -0.2) is 40.8 Å². The number of aryl methyl sites for hydroxylation is 1. The monoisotopic (exact) mass is 502 g/mol. The molecule has 0 aliphatic rings. The number of benzene rings is 3. The van der Waals surface area contributed by atoms with Gasteiger partial charge in [-0.05, 0) is 46.4 Å². The van der Waals surface area contributed by atoms with Crippen LogP contribution in [0.2, 0.25) is 0 Å². The van der Waals surface area contributed by atoms with Crippen molar-refractivity contribution in [3.8, 4) is 0 Å². The lowest BCUT2D eigenvalue weighted by Gasteiger charge is -2.06. The molecule has 0 saturated carbocycles. The zero-order valence-corrected chi connectivity index (χ0v) is 20.0. The highest BCUT2D eigenvalue weighted by molar-refractivity contribution is 7.99. The quantitative estimate of drug-likeness (QED) is 0.147. The van der Waals surface area contributed by atoms with Crippen LogP contribution in [0, 0.1) is 14.9 Å². The Morgan fingerprint density at radius 3 is 2.83 bits per heavy atom. The second-order valence-corrected chi connectivity index (χ2v) is 9.02. The molecule has 0 aliphatic carbocycles. The van der Waals surface area contributed by atoms with Crippen molar-refractivity contribution < 1.29 is 4.92 Å². The molecule has 0 aliphatic heterocycles. The van der Waals surface area contributed by atoms with Crippen molar-refractivity contribution in [1.82, 2.24) is 29.6 Å². The van der Waals surface area contributed by atoms with Crippen LogP contribution < -0.4 is 0 Å². The number of fused-ring (bicyclic) bond motifs is 1. The van der Waals surface area contributed by atoms with E-state index in [-0.39, 0.29) is 5.69 Å². The van der Waals surface area contributed by atoms with E-state index in [4.69, 9.17) is 12.2 Å². The third kappa shape index (κ3) is 4.74. The second kappa shape index (κ2) is 9.60. The van der Waals surface area contributed by atoms with Crippen molar-refractivity contribution >= 4 is 46.7 Å². The number of aromatic nitrogens is 6. The number of aromatic amines is 1. The number of nitrogens with one attached hydrogen (secondary N) is 1. The van der Waals surface area contributed by atoms with E-state index in [0.717, 1.165) is 16.3 Å². The van der Waals surface area contributed by atoms with Gasteiger partial charge >= 0.3 is 0 Å². The molecule has 0 amide bonds. The molecule has 0 fully saturated rings. The normalized spacial score (nSPS) is 11.5. The van der Waals surface area contributed by atoms with Crippen LogP contribution in [0.5, 0.6) is 0 Å². The first kappa shape index (κ1) is 22.6. The summed E-state index contributed by atoms with van der Waals surface area (Å²) in [6.07, 6.45) is 3.58. The molecule has 5 aromatic rings. The Labute approximate surface area is 208 Å². The molecule has 0 atom stereocenters. The summed E-state index contributed by atoms with van der Waals surface area (Å²) in [6.45, 7) is 0. The number of H-pyrrole nitrogens is 1. The van der Waals surface area contributed by atoms with Crippen molar-refractivity contribution in [2.24, 2.45) is 12.1 Å². The van der Waals surface area contributed by atoms with Crippen molar-refractivity contribution in [1.29, 1.82) is 0 Å². The topological polar surface area (TPSA) is 120 Å². The maximum atomic E-state index is 11.7. The third-order valence-electron chi connectivity index (χ3n) is 5.32. The second-order valence-electron chi connectivity index (χ2n) is 7.63. The van der Waals surface area contributed by atoms with Crippen molar-refractivity contribution in [2.45, 2.75) is 16.5 Å². The van der Waals surface area contributed by atoms with Gasteiger partial charge in [-0.25, -0.2) is 0 Å². The standard InChI is InChI=1S/C23H18N8O2S2/c1-29-14-24-28-23(29)35-20-10-9-15(11-19(20)31(32)33)13-25-30-21(26-27-22(30)34)12-17-7-4-6-16-5-2-3-8-18(16)17/h2-11,13-14H,12H2,1H3,(H,27,34)/b25-13+. The molecular formula is C23H18N8O2S2. The maximum Gasteiger partial charge on any atom is 0.283 e. The van der Waals surface area contributed by atoms with Crippen LogP contribution in [0.3, 0.4) is 0 Å². The van der Waals surface area contributed by atoms with Gasteiger partial charge in [-0.3, -0.25) is 15.2 Å². The lowest BCUT2D eigenvalue weighted by Crippen LogP contribution is -2.01. The van der Waals surface area contributed by atoms with E-state index >= 15 is 0 Å². The third-order valence-corrected chi connectivity index (χ3v) is 6.70. The highest BCUT2D eigenvalue weighted by Gasteiger charge is 2.17. The smallest absolute Gasteiger partial charge is 0.283 e. The summed E-state index contributed by atoms with van der Waals surface area (Å²) in [4.78, 5) is 11.7. The van der Waals surface area contributed by atoms with Gasteiger partial charge in [-0.2, -0.15) is 14.9 Å². The molecule has 2 heterocycles. The van der Waals surface area contributed by atoms with E-state index in [1.807, 2.05) is 24.3 Å². The minimum atomic E-state index is -0.425. The minimum absolute atomic E-state index is 0.0475. The molecular weight excluding hydrogens is 484 g/mol. The van der Waals surface area contributed by atoms with E-state index in [0.29, 0.717) is 32.6 Å². The van der Waals surface area contributed by atoms with E-state index in [1.54, 1.807) is 30.1 Å². The van der Waals surface area contributed by atoms with Crippen LogP contribution in [0.4, 0.5) is 5.69 Å². The molecule has 10 nitrogen and oxygen atoms in total. The summed E-state index contributed by atoms with van der Waals surface area (Å²) in [5, 5.41) is 33.9. The summed E-state index contributed by atoms with van der Waals surface area (Å²) in [5.74, 6) is 0.631. The van der Waals surface area contributed by atoms with Crippen molar-refractivity contribution in [3.05, 3.63) is 98.8 Å². The van der Waals surface area contributed by atoms with Crippen LogP contribution in [0.15, 0.2) is 82.1 Å². The molecule has 0 unspecified atom stereocenters. The van der Waals surface area contributed by atoms with Gasteiger partial charge in [0.15, 0.2) is 11.0 Å². The first-order valence-corrected chi connectivity index (χ1v) is 11.7. The average molecular weight is 503 g/mol.